The van der Waals surface area contributed by atoms with Crippen molar-refractivity contribution in [2.45, 2.75) is 39.1 Å². The highest BCUT2D eigenvalue weighted by molar-refractivity contribution is 5.79. The smallest absolute Gasteiger partial charge is 0.329 e. The predicted octanol–water partition coefficient (Wildman–Crippen LogP) is 4.79. The molecule has 1 aliphatic rings. The number of nitrogens with zero attached hydrogens (tertiary/aromatic N) is 8. The molecule has 0 atom stereocenters. The van der Waals surface area contributed by atoms with Gasteiger partial charge in [-0.25, -0.2) is 32.9 Å². The normalized spacial score (nSPS) is 13.7. The summed E-state index contributed by atoms with van der Waals surface area (Å²) in [7, 11) is 0. The number of pyridine rings is 1. The van der Waals surface area contributed by atoms with Gasteiger partial charge in [-0.2, -0.15) is 4.98 Å². The largest absolute Gasteiger partial charge is 0.384 e. The lowest BCUT2D eigenvalue weighted by Crippen LogP contribution is -2.46. The van der Waals surface area contributed by atoms with Gasteiger partial charge in [0.15, 0.2) is 11.5 Å². The van der Waals surface area contributed by atoms with Gasteiger partial charge in [0.05, 0.1) is 29.7 Å². The average molecular weight is 787 g/mol. The zero-order chi connectivity index (χ0) is 40.7. The molecular formula is C42H40F2N10O4. The molecule has 58 heavy (non-hydrogen) atoms. The van der Waals surface area contributed by atoms with Crippen LogP contribution in [0.1, 0.15) is 30.7 Å². The van der Waals surface area contributed by atoms with E-state index in [1.54, 1.807) is 54.9 Å². The minimum Gasteiger partial charge on any atom is -0.384 e. The number of benzene rings is 3. The molecule has 5 heterocycles. The van der Waals surface area contributed by atoms with Crippen LogP contribution in [0.3, 0.4) is 0 Å². The van der Waals surface area contributed by atoms with Gasteiger partial charge in [0, 0.05) is 55.9 Å². The summed E-state index contributed by atoms with van der Waals surface area (Å²) in [5.41, 5.74) is 0.859. The SMILES string of the molecule is C=CCn1c(=O)c2cnc(Nc3ccc(N4CCN(Cc5cc(Cn6c(=O)[nH]c(=O)c7c(F)cccc76)ccc5F)CC4)cc3)nc2n1-c1cccc(C(C)(C)O)n1. The number of aromatic amines is 1. The van der Waals surface area contributed by atoms with Crippen molar-refractivity contribution in [3.63, 3.8) is 0 Å². The van der Waals surface area contributed by atoms with Crippen LogP contribution < -0.4 is 27.0 Å². The van der Waals surface area contributed by atoms with Gasteiger partial charge in [-0.1, -0.05) is 24.3 Å². The predicted molar refractivity (Wildman–Crippen MR) is 218 cm³/mol. The Morgan fingerprint density at radius 1 is 0.914 bits per heavy atom. The van der Waals surface area contributed by atoms with Crippen LogP contribution in [-0.4, -0.2) is 70.1 Å². The Kier molecular flexibility index (Phi) is 10.0. The van der Waals surface area contributed by atoms with Gasteiger partial charge in [-0.15, -0.1) is 6.58 Å². The van der Waals surface area contributed by atoms with Gasteiger partial charge in [0.25, 0.3) is 11.1 Å². The molecule has 0 saturated carbocycles. The van der Waals surface area contributed by atoms with E-state index in [0.29, 0.717) is 66.4 Å². The standard InChI is InChI=1S/C42H40F2N10O4/c1-4-17-53-39(56)30-23-45-40(48-37(30)54(53)35-10-6-9-34(47-35)42(2,3)58)46-28-12-14-29(15-13-28)51-20-18-50(19-21-51)25-27-22-26(11-16-31(27)43)24-52-33-8-5-7-32(44)36(33)38(55)49-41(52)57/h4-16,22-23,58H,1,17-21,24-25H2,2-3H3,(H,45,46,48)(H,49,55,57). The summed E-state index contributed by atoms with van der Waals surface area (Å²) in [4.78, 5) is 58.7. The number of hydrogen-bond acceptors (Lipinski definition) is 10. The lowest BCUT2D eigenvalue weighted by molar-refractivity contribution is 0.0738. The number of nitrogens with one attached hydrogen (secondary N) is 2. The van der Waals surface area contributed by atoms with E-state index in [1.807, 2.05) is 24.3 Å². The van der Waals surface area contributed by atoms with Crippen molar-refractivity contribution in [2.24, 2.45) is 0 Å². The molecule has 1 saturated heterocycles. The molecule has 1 aliphatic heterocycles. The summed E-state index contributed by atoms with van der Waals surface area (Å²) in [5, 5.41) is 13.9. The third-order valence-corrected chi connectivity index (χ3v) is 10.2. The Morgan fingerprint density at radius 2 is 1.67 bits per heavy atom. The summed E-state index contributed by atoms with van der Waals surface area (Å²) in [6, 6.07) is 21.8. The van der Waals surface area contributed by atoms with Gasteiger partial charge in [-0.05, 0) is 80.1 Å². The van der Waals surface area contributed by atoms with Crippen LogP contribution in [0.2, 0.25) is 0 Å². The fraction of sp³-hybridized carbons (Fsp3) is 0.238. The van der Waals surface area contributed by atoms with E-state index >= 15 is 4.39 Å². The number of anilines is 3. The summed E-state index contributed by atoms with van der Waals surface area (Å²) < 4.78 is 33.9. The van der Waals surface area contributed by atoms with E-state index in [4.69, 9.17) is 4.98 Å². The van der Waals surface area contributed by atoms with Gasteiger partial charge in [0.1, 0.15) is 22.6 Å². The van der Waals surface area contributed by atoms with E-state index in [0.717, 1.165) is 11.4 Å². The number of aliphatic hydroxyl groups is 1. The highest BCUT2D eigenvalue weighted by Crippen LogP contribution is 2.25. The minimum absolute atomic E-state index is 0.0303. The summed E-state index contributed by atoms with van der Waals surface area (Å²) in [6.45, 7) is 10.5. The topological polar surface area (TPSA) is 159 Å². The fourth-order valence-corrected chi connectivity index (χ4v) is 7.27. The van der Waals surface area contributed by atoms with Crippen molar-refractivity contribution in [3.8, 4) is 5.82 Å². The number of H-pyrrole nitrogens is 1. The second-order valence-electron chi connectivity index (χ2n) is 14.7. The Morgan fingerprint density at radius 3 is 2.41 bits per heavy atom. The Labute approximate surface area is 330 Å². The number of allylic oxidation sites excluding steroid dienone is 1. The number of halogens is 2. The number of hydrogen-bond donors (Lipinski definition) is 3. The van der Waals surface area contributed by atoms with Crippen molar-refractivity contribution in [1.29, 1.82) is 0 Å². The van der Waals surface area contributed by atoms with Crippen molar-refractivity contribution >= 4 is 39.3 Å². The molecule has 8 rings (SSSR count). The maximum Gasteiger partial charge on any atom is 0.329 e. The molecule has 296 valence electrons. The molecule has 3 aromatic carbocycles. The van der Waals surface area contributed by atoms with E-state index in [-0.39, 0.29) is 41.3 Å². The molecule has 1 fully saturated rings. The Balaban J connectivity index is 0.938. The molecule has 0 aliphatic carbocycles. The monoisotopic (exact) mass is 786 g/mol. The Bertz CT molecular complexity index is 2870. The van der Waals surface area contributed by atoms with Crippen molar-refractivity contribution in [2.75, 3.05) is 36.4 Å². The number of rotatable bonds is 11. The first-order valence-corrected chi connectivity index (χ1v) is 18.7. The summed E-state index contributed by atoms with van der Waals surface area (Å²) in [6.07, 6.45) is 3.09. The van der Waals surface area contributed by atoms with Gasteiger partial charge in [0.2, 0.25) is 5.95 Å². The first-order chi connectivity index (χ1) is 27.9. The maximum atomic E-state index is 15.1. The number of aromatic nitrogens is 7. The second-order valence-corrected chi connectivity index (χ2v) is 14.7. The van der Waals surface area contributed by atoms with Crippen LogP contribution >= 0.6 is 0 Å². The lowest BCUT2D eigenvalue weighted by atomic mass is 10.1. The molecule has 0 radical (unpaired) electrons. The Hall–Kier alpha value is -6.78. The van der Waals surface area contributed by atoms with E-state index in [9.17, 15) is 23.9 Å². The van der Waals surface area contributed by atoms with Crippen LogP contribution in [-0.2, 0) is 25.2 Å². The molecule has 0 spiro atoms. The summed E-state index contributed by atoms with van der Waals surface area (Å²) in [5.74, 6) is -0.398. The maximum absolute atomic E-state index is 15.1. The van der Waals surface area contributed by atoms with Crippen LogP contribution in [0.5, 0.6) is 0 Å². The molecule has 0 unspecified atom stereocenters. The second kappa shape index (κ2) is 15.3. The first-order valence-electron chi connectivity index (χ1n) is 18.7. The minimum atomic E-state index is -1.20. The highest BCUT2D eigenvalue weighted by Gasteiger charge is 2.23. The van der Waals surface area contributed by atoms with E-state index in [2.05, 4.69) is 36.6 Å². The van der Waals surface area contributed by atoms with Gasteiger partial charge in [-0.3, -0.25) is 24.0 Å². The van der Waals surface area contributed by atoms with Gasteiger partial charge >= 0.3 is 5.69 Å². The van der Waals surface area contributed by atoms with Crippen molar-refractivity contribution in [3.05, 3.63) is 157 Å². The molecule has 0 bridgehead atoms. The van der Waals surface area contributed by atoms with Crippen LogP contribution in [0, 0.1) is 11.6 Å². The van der Waals surface area contributed by atoms with Crippen molar-refractivity contribution < 1.29 is 13.9 Å². The number of fused-ring (bicyclic) bond motifs is 2. The van der Waals surface area contributed by atoms with Gasteiger partial charge < -0.3 is 15.3 Å². The number of piperazine rings is 1. The highest BCUT2D eigenvalue weighted by atomic mass is 19.1. The van der Waals surface area contributed by atoms with E-state index < -0.39 is 22.7 Å². The molecule has 0 amide bonds. The zero-order valence-corrected chi connectivity index (χ0v) is 31.8. The molecule has 14 nitrogen and oxygen atoms in total. The molecule has 3 N–H and O–H groups in total. The molecule has 16 heteroatoms. The third kappa shape index (κ3) is 7.42. The fourth-order valence-electron chi connectivity index (χ4n) is 7.27. The summed E-state index contributed by atoms with van der Waals surface area (Å²) >= 11 is 0. The first kappa shape index (κ1) is 38.1. The molecule has 7 aromatic rings. The lowest BCUT2D eigenvalue weighted by Gasteiger charge is -2.36. The quantitative estimate of drug-likeness (QED) is 0.156. The zero-order valence-electron chi connectivity index (χ0n) is 31.8. The molecular weight excluding hydrogens is 747 g/mol. The van der Waals surface area contributed by atoms with Crippen LogP contribution in [0.4, 0.5) is 26.1 Å². The third-order valence-electron chi connectivity index (χ3n) is 10.2. The van der Waals surface area contributed by atoms with Crippen molar-refractivity contribution in [1.82, 2.24) is 38.8 Å². The van der Waals surface area contributed by atoms with E-state index in [1.165, 1.54) is 39.7 Å². The van der Waals surface area contributed by atoms with Crippen LogP contribution in [0.25, 0.3) is 27.8 Å². The molecule has 4 aromatic heterocycles. The average Bonchev–Trinajstić information content (AvgIpc) is 3.47. The van der Waals surface area contributed by atoms with Crippen LogP contribution in [0.15, 0.2) is 112 Å².